The number of carbonyl (C=O) groups is 1. The third-order valence-electron chi connectivity index (χ3n) is 6.08. The summed E-state index contributed by atoms with van der Waals surface area (Å²) in [5, 5.41) is 5.71. The van der Waals surface area contributed by atoms with E-state index in [1.807, 2.05) is 6.07 Å². The smallest absolute Gasteiger partial charge is 0.262 e. The third-order valence-corrected chi connectivity index (χ3v) is 6.39. The molecule has 2 heterocycles. The fraction of sp³-hybridized carbons (Fsp3) is 0.320. The van der Waals surface area contributed by atoms with Crippen molar-refractivity contribution in [1.82, 2.24) is 14.9 Å². The minimum absolute atomic E-state index is 0.0566. The van der Waals surface area contributed by atoms with Gasteiger partial charge in [-0.3, -0.25) is 4.79 Å². The van der Waals surface area contributed by atoms with Gasteiger partial charge in [0.2, 0.25) is 11.8 Å². The lowest BCUT2D eigenvalue weighted by atomic mass is 9.87. The Labute approximate surface area is 203 Å². The van der Waals surface area contributed by atoms with Crippen LogP contribution in [0.15, 0.2) is 42.6 Å². The summed E-state index contributed by atoms with van der Waals surface area (Å²) in [6.45, 7) is 4.34. The van der Waals surface area contributed by atoms with E-state index >= 15 is 0 Å². The number of aromatic nitrogens is 2. The van der Waals surface area contributed by atoms with Gasteiger partial charge in [-0.1, -0.05) is 23.7 Å². The number of rotatable bonds is 6. The molecular formula is C25H27ClFN5O2. The van der Waals surface area contributed by atoms with Crippen molar-refractivity contribution < 1.29 is 13.9 Å². The van der Waals surface area contributed by atoms with Crippen molar-refractivity contribution in [2.45, 2.75) is 25.7 Å². The van der Waals surface area contributed by atoms with E-state index in [4.69, 9.17) is 16.3 Å². The highest BCUT2D eigenvalue weighted by Crippen LogP contribution is 2.32. The number of amides is 1. The number of hydrogen-bond donors (Lipinski definition) is 2. The molecule has 1 amide bonds. The maximum absolute atomic E-state index is 14.0. The standard InChI is InChI=1S/C25H27ClFN5O2/c1-15-13-17(7-8-18(15)16-9-11-32(2)12-10-16)29-25-28-14-19(24(31-25)34-3)23(33)30-22-20(26)5-4-6-21(22)27/h4-8,13-14,16H,9-12H2,1-3H3,(H,30,33)(H,28,29,31). The molecule has 1 aliphatic heterocycles. The molecule has 1 aliphatic rings. The van der Waals surface area contributed by atoms with Crippen LogP contribution in [0.25, 0.3) is 0 Å². The second-order valence-corrected chi connectivity index (χ2v) is 8.85. The molecule has 7 nitrogen and oxygen atoms in total. The fourth-order valence-electron chi connectivity index (χ4n) is 4.20. The molecule has 1 saturated heterocycles. The van der Waals surface area contributed by atoms with E-state index in [0.29, 0.717) is 5.92 Å². The number of piperidine rings is 1. The number of carbonyl (C=O) groups excluding carboxylic acids is 1. The Morgan fingerprint density at radius 3 is 2.68 bits per heavy atom. The van der Waals surface area contributed by atoms with E-state index in [-0.39, 0.29) is 28.1 Å². The van der Waals surface area contributed by atoms with Crippen LogP contribution in [0.3, 0.4) is 0 Å². The van der Waals surface area contributed by atoms with Crippen molar-refractivity contribution >= 4 is 34.8 Å². The Morgan fingerprint density at radius 2 is 2.00 bits per heavy atom. The van der Waals surface area contributed by atoms with Crippen molar-refractivity contribution in [3.05, 3.63) is 70.1 Å². The van der Waals surface area contributed by atoms with E-state index in [0.717, 1.165) is 31.6 Å². The maximum Gasteiger partial charge on any atom is 0.262 e. The van der Waals surface area contributed by atoms with E-state index in [1.54, 1.807) is 0 Å². The number of para-hydroxylation sites is 1. The number of aryl methyl sites for hydroxylation is 1. The first-order chi connectivity index (χ1) is 16.4. The Hall–Kier alpha value is -3.23. The number of ether oxygens (including phenoxy) is 1. The van der Waals surface area contributed by atoms with Crippen LogP contribution in [0.2, 0.25) is 5.02 Å². The second-order valence-electron chi connectivity index (χ2n) is 8.44. The van der Waals surface area contributed by atoms with Crippen LogP contribution in [0.4, 0.5) is 21.7 Å². The zero-order valence-electron chi connectivity index (χ0n) is 19.4. The van der Waals surface area contributed by atoms with Crippen molar-refractivity contribution in [3.63, 3.8) is 0 Å². The highest BCUT2D eigenvalue weighted by atomic mass is 35.5. The fourth-order valence-corrected chi connectivity index (χ4v) is 4.41. The van der Waals surface area contributed by atoms with Gasteiger partial charge in [-0.05, 0) is 81.2 Å². The van der Waals surface area contributed by atoms with Gasteiger partial charge in [0.25, 0.3) is 5.91 Å². The van der Waals surface area contributed by atoms with Crippen molar-refractivity contribution in [1.29, 1.82) is 0 Å². The Kier molecular flexibility index (Phi) is 7.29. The van der Waals surface area contributed by atoms with Crippen LogP contribution in [-0.2, 0) is 0 Å². The summed E-state index contributed by atoms with van der Waals surface area (Å²) in [6.07, 6.45) is 3.65. The van der Waals surface area contributed by atoms with Gasteiger partial charge in [-0.15, -0.1) is 0 Å². The number of hydrogen-bond acceptors (Lipinski definition) is 6. The highest BCUT2D eigenvalue weighted by Gasteiger charge is 2.21. The van der Waals surface area contributed by atoms with Gasteiger partial charge in [0.05, 0.1) is 17.8 Å². The summed E-state index contributed by atoms with van der Waals surface area (Å²) < 4.78 is 19.3. The van der Waals surface area contributed by atoms with E-state index in [9.17, 15) is 9.18 Å². The molecule has 4 rings (SSSR count). The zero-order valence-corrected chi connectivity index (χ0v) is 20.1. The lowest BCUT2D eigenvalue weighted by Crippen LogP contribution is -2.29. The molecule has 0 bridgehead atoms. The van der Waals surface area contributed by atoms with Crippen molar-refractivity contribution in [2.24, 2.45) is 0 Å². The van der Waals surface area contributed by atoms with Gasteiger partial charge >= 0.3 is 0 Å². The number of anilines is 3. The molecule has 0 spiro atoms. The summed E-state index contributed by atoms with van der Waals surface area (Å²) in [6, 6.07) is 10.4. The van der Waals surface area contributed by atoms with E-state index in [2.05, 4.69) is 51.6 Å². The number of benzene rings is 2. The summed E-state index contributed by atoms with van der Waals surface area (Å²) in [5.74, 6) is -0.361. The summed E-state index contributed by atoms with van der Waals surface area (Å²) in [7, 11) is 3.56. The van der Waals surface area contributed by atoms with E-state index < -0.39 is 11.7 Å². The zero-order chi connectivity index (χ0) is 24.2. The molecule has 3 aromatic rings. The molecule has 9 heteroatoms. The van der Waals surface area contributed by atoms with Gasteiger partial charge in [0, 0.05) is 11.9 Å². The lowest BCUT2D eigenvalue weighted by molar-refractivity contribution is 0.102. The molecule has 0 saturated carbocycles. The lowest BCUT2D eigenvalue weighted by Gasteiger charge is -2.30. The molecule has 1 aromatic heterocycles. The van der Waals surface area contributed by atoms with Crippen LogP contribution in [0.1, 0.15) is 40.2 Å². The third kappa shape index (κ3) is 5.29. The Balaban J connectivity index is 1.49. The molecule has 0 radical (unpaired) electrons. The van der Waals surface area contributed by atoms with Crippen molar-refractivity contribution in [3.8, 4) is 5.88 Å². The molecule has 0 unspecified atom stereocenters. The molecule has 2 N–H and O–H groups in total. The van der Waals surface area contributed by atoms with Gasteiger partial charge in [-0.25, -0.2) is 9.37 Å². The predicted molar refractivity (Wildman–Crippen MR) is 132 cm³/mol. The Bertz CT molecular complexity index is 1180. The van der Waals surface area contributed by atoms with Gasteiger partial charge in [0.1, 0.15) is 11.4 Å². The number of halogens is 2. The molecule has 178 valence electrons. The van der Waals surface area contributed by atoms with Gasteiger partial charge in [0.15, 0.2) is 0 Å². The Morgan fingerprint density at radius 1 is 1.24 bits per heavy atom. The minimum atomic E-state index is -0.641. The quantitative estimate of drug-likeness (QED) is 0.489. The average Bonchev–Trinajstić information content (AvgIpc) is 2.82. The molecule has 34 heavy (non-hydrogen) atoms. The average molecular weight is 484 g/mol. The minimum Gasteiger partial charge on any atom is -0.480 e. The van der Waals surface area contributed by atoms with Crippen LogP contribution >= 0.6 is 11.6 Å². The largest absolute Gasteiger partial charge is 0.480 e. The molecule has 2 aromatic carbocycles. The molecule has 1 fully saturated rings. The molecule has 0 atom stereocenters. The highest BCUT2D eigenvalue weighted by molar-refractivity contribution is 6.34. The molecular weight excluding hydrogens is 457 g/mol. The number of nitrogens with one attached hydrogen (secondary N) is 2. The first-order valence-corrected chi connectivity index (χ1v) is 11.5. The SMILES string of the molecule is COc1nc(Nc2ccc(C3CCN(C)CC3)c(C)c2)ncc1C(=O)Nc1c(F)cccc1Cl. The number of nitrogens with zero attached hydrogens (tertiary/aromatic N) is 3. The van der Waals surface area contributed by atoms with E-state index in [1.165, 1.54) is 42.6 Å². The van der Waals surface area contributed by atoms with Crippen LogP contribution < -0.4 is 15.4 Å². The topological polar surface area (TPSA) is 79.4 Å². The van der Waals surface area contributed by atoms with Crippen LogP contribution in [-0.4, -0.2) is 48.0 Å². The predicted octanol–water partition coefficient (Wildman–Crippen LogP) is 5.39. The normalized spacial score (nSPS) is 14.6. The number of likely N-dealkylation sites (tertiary alicyclic amines) is 1. The monoisotopic (exact) mass is 483 g/mol. The van der Waals surface area contributed by atoms with Gasteiger partial charge < -0.3 is 20.3 Å². The summed E-state index contributed by atoms with van der Waals surface area (Å²) >= 11 is 6.00. The van der Waals surface area contributed by atoms with Crippen LogP contribution in [0, 0.1) is 12.7 Å². The van der Waals surface area contributed by atoms with Gasteiger partial charge in [-0.2, -0.15) is 4.98 Å². The van der Waals surface area contributed by atoms with Crippen LogP contribution in [0.5, 0.6) is 5.88 Å². The van der Waals surface area contributed by atoms with Crippen molar-refractivity contribution in [2.75, 3.05) is 37.9 Å². The number of methoxy groups -OCH3 is 1. The first kappa shape index (κ1) is 23.9. The summed E-state index contributed by atoms with van der Waals surface area (Å²) in [4.78, 5) is 23.6. The molecule has 0 aliphatic carbocycles. The first-order valence-electron chi connectivity index (χ1n) is 11.1. The summed E-state index contributed by atoms with van der Waals surface area (Å²) in [5.41, 5.74) is 3.37. The maximum atomic E-state index is 14.0. The second kappa shape index (κ2) is 10.4.